The molecule has 4 heteroatoms. The predicted octanol–water partition coefficient (Wildman–Crippen LogP) is 3.40. The van der Waals surface area contributed by atoms with Crippen molar-refractivity contribution in [1.29, 1.82) is 0 Å². The van der Waals surface area contributed by atoms with Gasteiger partial charge >= 0.3 is 0 Å². The monoisotopic (exact) mass is 315 g/mol. The van der Waals surface area contributed by atoms with Gasteiger partial charge in [-0.15, -0.1) is 0 Å². The Morgan fingerprint density at radius 2 is 1.90 bits per heavy atom. The lowest BCUT2D eigenvalue weighted by atomic mass is 9.72. The van der Waals surface area contributed by atoms with Crippen molar-refractivity contribution in [3.8, 4) is 0 Å². The van der Waals surface area contributed by atoms with Crippen molar-refractivity contribution in [3.05, 3.63) is 0 Å². The molecule has 4 unspecified atom stereocenters. The Morgan fingerprint density at radius 1 is 1.14 bits per heavy atom. The molecular formula is C17H33NO2S. The van der Waals surface area contributed by atoms with Gasteiger partial charge in [-0.05, 0) is 50.0 Å². The van der Waals surface area contributed by atoms with E-state index in [9.17, 15) is 8.42 Å². The van der Waals surface area contributed by atoms with Crippen LogP contribution >= 0.6 is 0 Å². The Kier molecular flexibility index (Phi) is 6.54. The number of sulfone groups is 1. The molecule has 0 amide bonds. The molecule has 1 aliphatic carbocycles. The van der Waals surface area contributed by atoms with Crippen molar-refractivity contribution in [3.63, 3.8) is 0 Å². The highest BCUT2D eigenvalue weighted by Gasteiger charge is 2.35. The maximum Gasteiger partial charge on any atom is 0.150 e. The van der Waals surface area contributed by atoms with E-state index in [0.717, 1.165) is 37.6 Å². The van der Waals surface area contributed by atoms with E-state index in [2.05, 4.69) is 19.2 Å². The fourth-order valence-electron chi connectivity index (χ4n) is 4.43. The lowest BCUT2D eigenvalue weighted by Crippen LogP contribution is -2.42. The predicted molar refractivity (Wildman–Crippen MR) is 89.2 cm³/mol. The second kappa shape index (κ2) is 7.96. The zero-order valence-corrected chi connectivity index (χ0v) is 14.6. The van der Waals surface area contributed by atoms with Gasteiger partial charge < -0.3 is 5.32 Å². The third-order valence-corrected chi connectivity index (χ3v) is 7.42. The van der Waals surface area contributed by atoms with Crippen LogP contribution in [0, 0.1) is 17.8 Å². The molecule has 3 nitrogen and oxygen atoms in total. The lowest BCUT2D eigenvalue weighted by Gasteiger charge is -2.38. The van der Waals surface area contributed by atoms with Crippen LogP contribution in [0.2, 0.25) is 0 Å². The third-order valence-electron chi connectivity index (χ3n) is 5.58. The van der Waals surface area contributed by atoms with Crippen LogP contribution < -0.4 is 5.32 Å². The van der Waals surface area contributed by atoms with E-state index < -0.39 is 9.84 Å². The number of hydrogen-bond donors (Lipinski definition) is 1. The van der Waals surface area contributed by atoms with Gasteiger partial charge in [-0.2, -0.15) is 0 Å². The minimum absolute atomic E-state index is 0.392. The van der Waals surface area contributed by atoms with Crippen LogP contribution in [0.25, 0.3) is 0 Å². The molecule has 2 rings (SSSR count). The Bertz CT molecular complexity index is 407. The summed E-state index contributed by atoms with van der Waals surface area (Å²) in [7, 11) is -2.74. The molecule has 2 aliphatic rings. The van der Waals surface area contributed by atoms with E-state index >= 15 is 0 Å². The normalized spacial score (nSPS) is 33.9. The zero-order chi connectivity index (χ0) is 15.3. The largest absolute Gasteiger partial charge is 0.314 e. The quantitative estimate of drug-likeness (QED) is 0.783. The van der Waals surface area contributed by atoms with E-state index in [1.54, 1.807) is 0 Å². The summed E-state index contributed by atoms with van der Waals surface area (Å²) in [5.41, 5.74) is 0. The minimum Gasteiger partial charge on any atom is -0.314 e. The van der Waals surface area contributed by atoms with Crippen molar-refractivity contribution in [1.82, 2.24) is 5.32 Å². The molecule has 2 fully saturated rings. The summed E-state index contributed by atoms with van der Waals surface area (Å²) in [5.74, 6) is 2.84. The standard InChI is InChI=1S/C17H33NO2S/c1-3-10-18-17(12-14-9-11-21(19,20)13-14)16-8-6-5-7-15(16)4-2/h14-18H,3-13H2,1-2H3. The van der Waals surface area contributed by atoms with Crippen LogP contribution in [-0.4, -0.2) is 32.5 Å². The van der Waals surface area contributed by atoms with Gasteiger partial charge in [0.15, 0.2) is 9.84 Å². The van der Waals surface area contributed by atoms with Gasteiger partial charge in [0.1, 0.15) is 0 Å². The molecule has 124 valence electrons. The van der Waals surface area contributed by atoms with Crippen LogP contribution in [0.1, 0.15) is 65.2 Å². The summed E-state index contributed by atoms with van der Waals surface area (Å²) in [5, 5.41) is 3.76. The molecule has 1 saturated carbocycles. The highest BCUT2D eigenvalue weighted by Crippen LogP contribution is 2.37. The maximum atomic E-state index is 11.7. The Balaban J connectivity index is 1.99. The van der Waals surface area contributed by atoms with Crippen molar-refractivity contribution in [2.24, 2.45) is 17.8 Å². The van der Waals surface area contributed by atoms with E-state index in [0.29, 0.717) is 23.5 Å². The molecule has 0 spiro atoms. The topological polar surface area (TPSA) is 46.2 Å². The smallest absolute Gasteiger partial charge is 0.150 e. The van der Waals surface area contributed by atoms with Crippen LogP contribution in [0.4, 0.5) is 0 Å². The van der Waals surface area contributed by atoms with Crippen LogP contribution in [0.3, 0.4) is 0 Å². The summed E-state index contributed by atoms with van der Waals surface area (Å²) < 4.78 is 23.4. The maximum absolute atomic E-state index is 11.7. The molecule has 21 heavy (non-hydrogen) atoms. The first-order valence-electron chi connectivity index (χ1n) is 8.99. The highest BCUT2D eigenvalue weighted by molar-refractivity contribution is 7.91. The molecule has 0 aromatic rings. The zero-order valence-electron chi connectivity index (χ0n) is 13.8. The molecule has 1 heterocycles. The lowest BCUT2D eigenvalue weighted by molar-refractivity contribution is 0.159. The molecule has 1 N–H and O–H groups in total. The van der Waals surface area contributed by atoms with Crippen LogP contribution in [-0.2, 0) is 9.84 Å². The molecular weight excluding hydrogens is 282 g/mol. The molecule has 1 aliphatic heterocycles. The Hall–Kier alpha value is -0.0900. The van der Waals surface area contributed by atoms with Gasteiger partial charge in [-0.25, -0.2) is 8.42 Å². The van der Waals surface area contributed by atoms with Crippen LogP contribution in [0.5, 0.6) is 0 Å². The first-order chi connectivity index (χ1) is 10.1. The second-order valence-electron chi connectivity index (χ2n) is 7.18. The number of nitrogens with one attached hydrogen (secondary N) is 1. The first kappa shape index (κ1) is 17.3. The van der Waals surface area contributed by atoms with Crippen LogP contribution in [0.15, 0.2) is 0 Å². The fourth-order valence-corrected chi connectivity index (χ4v) is 6.31. The average Bonchev–Trinajstić information content (AvgIpc) is 2.82. The molecule has 0 aromatic heterocycles. The molecule has 1 saturated heterocycles. The summed E-state index contributed by atoms with van der Waals surface area (Å²) >= 11 is 0. The van der Waals surface area contributed by atoms with Gasteiger partial charge in [0.05, 0.1) is 11.5 Å². The van der Waals surface area contributed by atoms with Crippen molar-refractivity contribution >= 4 is 9.84 Å². The van der Waals surface area contributed by atoms with Crippen molar-refractivity contribution < 1.29 is 8.42 Å². The van der Waals surface area contributed by atoms with Gasteiger partial charge in [-0.3, -0.25) is 0 Å². The van der Waals surface area contributed by atoms with Gasteiger partial charge in [0.2, 0.25) is 0 Å². The van der Waals surface area contributed by atoms with E-state index in [1.165, 1.54) is 32.1 Å². The molecule has 0 bridgehead atoms. The number of rotatable bonds is 7. The highest BCUT2D eigenvalue weighted by atomic mass is 32.2. The van der Waals surface area contributed by atoms with Crippen molar-refractivity contribution in [2.45, 2.75) is 71.3 Å². The minimum atomic E-state index is -2.74. The van der Waals surface area contributed by atoms with Gasteiger partial charge in [0.25, 0.3) is 0 Å². The Morgan fingerprint density at radius 3 is 2.52 bits per heavy atom. The first-order valence-corrected chi connectivity index (χ1v) is 10.8. The summed E-state index contributed by atoms with van der Waals surface area (Å²) in [4.78, 5) is 0. The summed E-state index contributed by atoms with van der Waals surface area (Å²) in [6.07, 6.45) is 9.83. The van der Waals surface area contributed by atoms with Gasteiger partial charge in [-0.1, -0.05) is 39.5 Å². The fraction of sp³-hybridized carbons (Fsp3) is 1.00. The summed E-state index contributed by atoms with van der Waals surface area (Å²) in [6, 6.07) is 0.536. The number of hydrogen-bond acceptors (Lipinski definition) is 3. The van der Waals surface area contributed by atoms with E-state index in [4.69, 9.17) is 0 Å². The third kappa shape index (κ3) is 4.95. The van der Waals surface area contributed by atoms with E-state index in [1.807, 2.05) is 0 Å². The van der Waals surface area contributed by atoms with E-state index in [-0.39, 0.29) is 0 Å². The second-order valence-corrected chi connectivity index (χ2v) is 9.41. The summed E-state index contributed by atoms with van der Waals surface area (Å²) in [6.45, 7) is 5.60. The van der Waals surface area contributed by atoms with Crippen molar-refractivity contribution in [2.75, 3.05) is 18.1 Å². The Labute approximate surface area is 131 Å². The molecule has 0 aromatic carbocycles. The molecule has 4 atom stereocenters. The van der Waals surface area contributed by atoms with Gasteiger partial charge in [0, 0.05) is 6.04 Å². The average molecular weight is 316 g/mol. The molecule has 0 radical (unpaired) electrons. The SMILES string of the molecule is CCCNC(CC1CCS(=O)(=O)C1)C1CCCCC1CC.